The molecule has 1 atom stereocenters. The Balaban J connectivity index is 1.87. The quantitative estimate of drug-likeness (QED) is 0.185. The summed E-state index contributed by atoms with van der Waals surface area (Å²) in [5.74, 6) is -1.99. The molecule has 37 heavy (non-hydrogen) atoms. The maximum Gasteiger partial charge on any atom is 0.350 e. The topological polar surface area (TPSA) is 106 Å². The number of benzene rings is 2. The van der Waals surface area contributed by atoms with E-state index in [1.807, 2.05) is 26.0 Å². The van der Waals surface area contributed by atoms with Crippen LogP contribution in [-0.4, -0.2) is 41.0 Å². The van der Waals surface area contributed by atoms with Crippen LogP contribution in [0.4, 0.5) is 5.13 Å². The van der Waals surface area contributed by atoms with E-state index in [-0.39, 0.29) is 27.9 Å². The zero-order valence-corrected chi connectivity index (χ0v) is 21.9. The Labute approximate surface area is 219 Å². The molecule has 0 saturated carbocycles. The molecule has 1 amide bonds. The van der Waals surface area contributed by atoms with Crippen LogP contribution in [0.15, 0.2) is 54.1 Å². The van der Waals surface area contributed by atoms with Gasteiger partial charge in [-0.3, -0.25) is 14.5 Å². The summed E-state index contributed by atoms with van der Waals surface area (Å²) in [6.45, 7) is 7.96. The van der Waals surface area contributed by atoms with Gasteiger partial charge in [0.05, 0.1) is 30.5 Å². The molecule has 0 spiro atoms. The highest BCUT2D eigenvalue weighted by molar-refractivity contribution is 7.17. The van der Waals surface area contributed by atoms with E-state index in [9.17, 15) is 19.5 Å². The van der Waals surface area contributed by atoms with Crippen LogP contribution in [0.5, 0.6) is 5.75 Å². The molecule has 2 aromatic carbocycles. The number of hydrogen-bond acceptors (Lipinski definition) is 8. The van der Waals surface area contributed by atoms with Gasteiger partial charge >= 0.3 is 11.9 Å². The summed E-state index contributed by atoms with van der Waals surface area (Å²) in [6, 6.07) is 13.2. The molecule has 1 unspecified atom stereocenters. The lowest BCUT2D eigenvalue weighted by Gasteiger charge is -2.23. The van der Waals surface area contributed by atoms with Crippen LogP contribution in [0.2, 0.25) is 0 Å². The number of aliphatic hydroxyl groups is 1. The maximum absolute atomic E-state index is 13.4. The molecular formula is C28H28N2O6S. The molecule has 1 aromatic heterocycles. The summed E-state index contributed by atoms with van der Waals surface area (Å²) in [7, 11) is 0. The molecule has 1 aliphatic rings. The van der Waals surface area contributed by atoms with Crippen LogP contribution in [0.3, 0.4) is 0 Å². The van der Waals surface area contributed by atoms with Crippen LogP contribution in [-0.2, 0) is 14.3 Å². The Kier molecular flexibility index (Phi) is 7.73. The summed E-state index contributed by atoms with van der Waals surface area (Å²) >= 11 is 0.976. The number of carbonyl (C=O) groups excluding carboxylic acids is 3. The van der Waals surface area contributed by atoms with Crippen molar-refractivity contribution in [3.05, 3.63) is 81.4 Å². The summed E-state index contributed by atoms with van der Waals surface area (Å²) in [5, 5.41) is 11.5. The first-order valence-electron chi connectivity index (χ1n) is 12.0. The van der Waals surface area contributed by atoms with Crippen LogP contribution in [0, 0.1) is 13.8 Å². The van der Waals surface area contributed by atoms with Crippen LogP contribution in [0.1, 0.15) is 58.4 Å². The predicted octanol–water partition coefficient (Wildman–Crippen LogP) is 5.35. The average Bonchev–Trinajstić information content (AvgIpc) is 3.40. The monoisotopic (exact) mass is 520 g/mol. The van der Waals surface area contributed by atoms with Crippen molar-refractivity contribution in [3.8, 4) is 5.75 Å². The second-order valence-electron chi connectivity index (χ2n) is 8.59. The minimum Gasteiger partial charge on any atom is -0.507 e. The van der Waals surface area contributed by atoms with Crippen molar-refractivity contribution in [2.75, 3.05) is 18.1 Å². The Morgan fingerprint density at radius 1 is 1.11 bits per heavy atom. The number of aryl methyl sites for hydroxylation is 2. The van der Waals surface area contributed by atoms with Crippen molar-refractivity contribution in [1.29, 1.82) is 0 Å². The summed E-state index contributed by atoms with van der Waals surface area (Å²) in [5.41, 5.74) is 2.30. The first-order valence-corrected chi connectivity index (χ1v) is 12.8. The van der Waals surface area contributed by atoms with Gasteiger partial charge < -0.3 is 14.6 Å². The lowest BCUT2D eigenvalue weighted by molar-refractivity contribution is -0.132. The van der Waals surface area contributed by atoms with Gasteiger partial charge in [0.1, 0.15) is 16.4 Å². The third-order valence-electron chi connectivity index (χ3n) is 5.87. The van der Waals surface area contributed by atoms with Crippen LogP contribution < -0.4 is 9.64 Å². The zero-order valence-electron chi connectivity index (χ0n) is 21.1. The van der Waals surface area contributed by atoms with Gasteiger partial charge in [0.15, 0.2) is 5.13 Å². The molecule has 9 heteroatoms. The van der Waals surface area contributed by atoms with Gasteiger partial charge in [-0.1, -0.05) is 60.2 Å². The van der Waals surface area contributed by atoms with Crippen molar-refractivity contribution < 1.29 is 29.0 Å². The van der Waals surface area contributed by atoms with Crippen molar-refractivity contribution in [2.45, 2.75) is 40.2 Å². The number of rotatable bonds is 8. The molecule has 1 N–H and O–H groups in total. The Morgan fingerprint density at radius 2 is 1.84 bits per heavy atom. The van der Waals surface area contributed by atoms with Crippen molar-refractivity contribution in [2.24, 2.45) is 0 Å². The molecule has 2 heterocycles. The van der Waals surface area contributed by atoms with Gasteiger partial charge in [-0.05, 0) is 44.9 Å². The lowest BCUT2D eigenvalue weighted by Crippen LogP contribution is -2.29. The Bertz CT molecular complexity index is 1380. The highest BCUT2D eigenvalue weighted by Gasteiger charge is 2.48. The number of hydrogen-bond donors (Lipinski definition) is 1. The average molecular weight is 521 g/mol. The number of nitrogens with zero attached hydrogens (tertiary/aromatic N) is 2. The van der Waals surface area contributed by atoms with E-state index in [2.05, 4.69) is 4.98 Å². The summed E-state index contributed by atoms with van der Waals surface area (Å²) < 4.78 is 10.8. The standard InChI is InChI=1S/C28H28N2O6S/c1-5-14-36-20-9-7-8-19(15-20)23(31)21-22(18-12-10-16(3)11-13-18)30(26(33)24(21)32)28-29-17(4)25(37-28)27(34)35-6-2/h7-13,15,22,31H,5-6,14H2,1-4H3. The number of ether oxygens (including phenoxy) is 2. The molecule has 1 fully saturated rings. The smallest absolute Gasteiger partial charge is 0.350 e. The van der Waals surface area contributed by atoms with Crippen molar-refractivity contribution in [1.82, 2.24) is 4.98 Å². The highest BCUT2D eigenvalue weighted by atomic mass is 32.1. The molecular weight excluding hydrogens is 492 g/mol. The van der Waals surface area contributed by atoms with E-state index in [1.54, 1.807) is 50.2 Å². The molecule has 0 bridgehead atoms. The number of thiazole rings is 1. The van der Waals surface area contributed by atoms with E-state index in [4.69, 9.17) is 9.47 Å². The van der Waals surface area contributed by atoms with E-state index < -0.39 is 23.7 Å². The number of aromatic nitrogens is 1. The van der Waals surface area contributed by atoms with E-state index in [1.165, 1.54) is 4.90 Å². The first kappa shape index (κ1) is 26.1. The van der Waals surface area contributed by atoms with Gasteiger partial charge in [0.2, 0.25) is 0 Å². The van der Waals surface area contributed by atoms with Gasteiger partial charge in [-0.2, -0.15) is 0 Å². The molecule has 1 aliphatic heterocycles. The summed E-state index contributed by atoms with van der Waals surface area (Å²) in [6.07, 6.45) is 0.815. The molecule has 8 nitrogen and oxygen atoms in total. The van der Waals surface area contributed by atoms with Crippen molar-refractivity contribution in [3.63, 3.8) is 0 Å². The Morgan fingerprint density at radius 3 is 2.51 bits per heavy atom. The summed E-state index contributed by atoms with van der Waals surface area (Å²) in [4.78, 5) is 45.1. The predicted molar refractivity (Wildman–Crippen MR) is 141 cm³/mol. The van der Waals surface area contributed by atoms with Crippen LogP contribution in [0.25, 0.3) is 5.76 Å². The number of ketones is 1. The maximum atomic E-state index is 13.4. The second-order valence-corrected chi connectivity index (χ2v) is 9.57. The minimum absolute atomic E-state index is 0.0629. The fourth-order valence-electron chi connectivity index (χ4n) is 4.07. The number of aliphatic hydroxyl groups excluding tert-OH is 1. The largest absolute Gasteiger partial charge is 0.507 e. The molecule has 192 valence electrons. The van der Waals surface area contributed by atoms with Gasteiger partial charge in [-0.15, -0.1) is 0 Å². The fraction of sp³-hybridized carbons (Fsp3) is 0.286. The van der Waals surface area contributed by atoms with E-state index in [0.29, 0.717) is 29.2 Å². The van der Waals surface area contributed by atoms with Crippen molar-refractivity contribution >= 4 is 39.9 Å². The molecule has 0 aliphatic carbocycles. The molecule has 3 aromatic rings. The molecule has 4 rings (SSSR count). The number of esters is 1. The third-order valence-corrected chi connectivity index (χ3v) is 7.01. The molecule has 1 saturated heterocycles. The van der Waals surface area contributed by atoms with E-state index >= 15 is 0 Å². The number of carbonyl (C=O) groups is 3. The number of amides is 1. The van der Waals surface area contributed by atoms with E-state index in [0.717, 1.165) is 23.3 Å². The number of Topliss-reactive ketones (excluding diaryl/α,β-unsaturated/α-hetero) is 1. The highest BCUT2D eigenvalue weighted by Crippen LogP contribution is 2.44. The van der Waals surface area contributed by atoms with Gasteiger partial charge in [0.25, 0.3) is 5.78 Å². The fourth-order valence-corrected chi connectivity index (χ4v) is 5.06. The SMILES string of the molecule is CCCOc1cccc(C(O)=C2C(=O)C(=O)N(c3nc(C)c(C(=O)OCC)s3)C2c2ccc(C)cc2)c1. The van der Waals surface area contributed by atoms with Crippen LogP contribution >= 0.6 is 11.3 Å². The Hall–Kier alpha value is -3.98. The lowest BCUT2D eigenvalue weighted by atomic mass is 9.95. The third kappa shape index (κ3) is 5.13. The normalized spacial score (nSPS) is 16.8. The van der Waals surface area contributed by atoms with Gasteiger partial charge in [-0.25, -0.2) is 9.78 Å². The number of anilines is 1. The first-order chi connectivity index (χ1) is 17.8. The van der Waals surface area contributed by atoms with Gasteiger partial charge in [0, 0.05) is 5.56 Å². The zero-order chi connectivity index (χ0) is 26.7. The second kappa shape index (κ2) is 11.0. The molecule has 0 radical (unpaired) electrons. The minimum atomic E-state index is -0.943.